The zero-order valence-corrected chi connectivity index (χ0v) is 35.8. The number of furan rings is 1. The second-order valence-corrected chi connectivity index (χ2v) is 17.0. The molecule has 0 fully saturated rings. The molecule has 0 saturated carbocycles. The van der Waals surface area contributed by atoms with Gasteiger partial charge in [0.1, 0.15) is 11.2 Å². The van der Waals surface area contributed by atoms with Gasteiger partial charge in [0.15, 0.2) is 17.5 Å². The summed E-state index contributed by atoms with van der Waals surface area (Å²) >= 11 is 0. The molecule has 0 atom stereocenters. The van der Waals surface area contributed by atoms with Crippen molar-refractivity contribution in [3.8, 4) is 67.5 Å². The molecule has 1 aliphatic rings. The van der Waals surface area contributed by atoms with Gasteiger partial charge in [-0.2, -0.15) is 0 Å². The van der Waals surface area contributed by atoms with Crippen molar-refractivity contribution in [2.45, 2.75) is 5.41 Å². The Kier molecular flexibility index (Phi) is 8.72. The molecule has 2 heterocycles. The monoisotopic (exact) mass is 841 g/mol. The van der Waals surface area contributed by atoms with E-state index < -0.39 is 5.41 Å². The highest BCUT2D eigenvalue weighted by molar-refractivity contribution is 6.13. The molecule has 0 N–H and O–H groups in total. The Morgan fingerprint density at radius 3 is 1.53 bits per heavy atom. The maximum atomic E-state index is 6.67. The van der Waals surface area contributed by atoms with E-state index in [9.17, 15) is 0 Å². The predicted molar refractivity (Wildman–Crippen MR) is 269 cm³/mol. The molecule has 0 saturated heterocycles. The minimum Gasteiger partial charge on any atom is -0.456 e. The number of fused-ring (bicyclic) bond motifs is 7. The van der Waals surface area contributed by atoms with Crippen LogP contribution in [0.25, 0.3) is 100 Å². The quantitative estimate of drug-likeness (QED) is 0.160. The van der Waals surface area contributed by atoms with Gasteiger partial charge in [0, 0.05) is 27.5 Å². The first kappa shape index (κ1) is 37.8. The van der Waals surface area contributed by atoms with Gasteiger partial charge in [-0.05, 0) is 84.6 Å². The standard InChI is InChI=1S/C62H39N3O/c1-4-18-43(19-5-1)59-63-60(44-20-6-2-7-21-44)65-61(64-59)58-48-24-11-10-17-40(48)35-37-49(58)42-33-31-41(32-34-42)47-27-16-30-56-57(47)52-39-46(36-38-55(52)66-56)62(45-22-8-3-9-23-45)53-28-14-12-25-50(53)51-26-13-15-29-54(51)62/h1-39H. The normalized spacial score (nSPS) is 12.7. The van der Waals surface area contributed by atoms with Crippen LogP contribution in [0.1, 0.15) is 22.3 Å². The second-order valence-electron chi connectivity index (χ2n) is 17.0. The molecule has 308 valence electrons. The van der Waals surface area contributed by atoms with Crippen LogP contribution in [0.4, 0.5) is 0 Å². The summed E-state index contributed by atoms with van der Waals surface area (Å²) in [5.74, 6) is 1.89. The van der Waals surface area contributed by atoms with Crippen LogP contribution in [0.5, 0.6) is 0 Å². The predicted octanol–water partition coefficient (Wildman–Crippen LogP) is 15.6. The number of benzene rings is 10. The lowest BCUT2D eigenvalue weighted by molar-refractivity contribution is 0.668. The Morgan fingerprint density at radius 1 is 0.318 bits per heavy atom. The summed E-state index contributed by atoms with van der Waals surface area (Å²) < 4.78 is 6.67. The smallest absolute Gasteiger partial charge is 0.165 e. The third kappa shape index (κ3) is 5.89. The largest absolute Gasteiger partial charge is 0.456 e. The second kappa shape index (κ2) is 15.2. The molecule has 66 heavy (non-hydrogen) atoms. The molecule has 13 rings (SSSR count). The van der Waals surface area contributed by atoms with E-state index in [4.69, 9.17) is 19.4 Å². The lowest BCUT2D eigenvalue weighted by Crippen LogP contribution is -2.28. The third-order valence-electron chi connectivity index (χ3n) is 13.4. The van der Waals surface area contributed by atoms with Gasteiger partial charge < -0.3 is 4.42 Å². The van der Waals surface area contributed by atoms with E-state index in [1.807, 2.05) is 36.4 Å². The Hall–Kier alpha value is -8.73. The highest BCUT2D eigenvalue weighted by atomic mass is 16.3. The van der Waals surface area contributed by atoms with E-state index in [0.29, 0.717) is 17.5 Å². The van der Waals surface area contributed by atoms with Gasteiger partial charge in [-0.25, -0.2) is 15.0 Å². The fourth-order valence-electron chi connectivity index (χ4n) is 10.5. The number of hydrogen-bond donors (Lipinski definition) is 0. The molecule has 0 bridgehead atoms. The molecule has 0 aliphatic heterocycles. The molecular weight excluding hydrogens is 803 g/mol. The number of rotatable bonds is 7. The summed E-state index contributed by atoms with van der Waals surface area (Å²) in [6.07, 6.45) is 0. The third-order valence-corrected chi connectivity index (χ3v) is 13.4. The highest BCUT2D eigenvalue weighted by Gasteiger charge is 2.46. The van der Waals surface area contributed by atoms with Crippen molar-refractivity contribution in [1.82, 2.24) is 15.0 Å². The fourth-order valence-corrected chi connectivity index (χ4v) is 10.5. The number of nitrogens with zero attached hydrogens (tertiary/aromatic N) is 3. The lowest BCUT2D eigenvalue weighted by Gasteiger charge is -2.33. The molecule has 2 aromatic heterocycles. The topological polar surface area (TPSA) is 51.8 Å². The van der Waals surface area contributed by atoms with E-state index >= 15 is 0 Å². The van der Waals surface area contributed by atoms with Crippen LogP contribution in [-0.2, 0) is 5.41 Å². The zero-order valence-electron chi connectivity index (χ0n) is 35.8. The fraction of sp³-hybridized carbons (Fsp3) is 0.0161. The summed E-state index contributed by atoms with van der Waals surface area (Å²) in [4.78, 5) is 15.4. The van der Waals surface area contributed by atoms with Crippen LogP contribution in [0, 0.1) is 0 Å². The minimum absolute atomic E-state index is 0.511. The Labute approximate surface area is 382 Å². The van der Waals surface area contributed by atoms with Gasteiger partial charge in [0.05, 0.1) is 5.41 Å². The van der Waals surface area contributed by atoms with Crippen molar-refractivity contribution in [3.05, 3.63) is 259 Å². The Bertz CT molecular complexity index is 3700. The van der Waals surface area contributed by atoms with Gasteiger partial charge in [0.25, 0.3) is 0 Å². The summed E-state index contributed by atoms with van der Waals surface area (Å²) in [5, 5.41) is 4.39. The average molecular weight is 842 g/mol. The summed E-state index contributed by atoms with van der Waals surface area (Å²) in [6.45, 7) is 0. The maximum absolute atomic E-state index is 6.67. The first-order valence-corrected chi connectivity index (χ1v) is 22.4. The molecule has 4 nitrogen and oxygen atoms in total. The maximum Gasteiger partial charge on any atom is 0.165 e. The zero-order chi connectivity index (χ0) is 43.6. The van der Waals surface area contributed by atoms with Crippen LogP contribution < -0.4 is 0 Å². The van der Waals surface area contributed by atoms with Gasteiger partial charge in [0.2, 0.25) is 0 Å². The SMILES string of the molecule is c1ccc(-c2nc(-c3ccccc3)nc(-c3c(-c4ccc(-c5cccc6oc7ccc(C8(c9ccccc9)c9ccccc9-c9ccccc98)cc7c56)cc4)ccc4ccccc34)n2)cc1. The Morgan fingerprint density at radius 2 is 0.864 bits per heavy atom. The number of aromatic nitrogens is 3. The Balaban J connectivity index is 0.972. The molecule has 0 amide bonds. The van der Waals surface area contributed by atoms with Crippen molar-refractivity contribution < 1.29 is 4.42 Å². The van der Waals surface area contributed by atoms with Crippen LogP contribution in [0.2, 0.25) is 0 Å². The van der Waals surface area contributed by atoms with E-state index in [2.05, 4.69) is 200 Å². The lowest BCUT2D eigenvalue weighted by atomic mass is 9.67. The molecular formula is C62H39N3O. The van der Waals surface area contributed by atoms with Gasteiger partial charge in [-0.1, -0.05) is 218 Å². The van der Waals surface area contributed by atoms with E-state index in [-0.39, 0.29) is 0 Å². The van der Waals surface area contributed by atoms with Crippen molar-refractivity contribution in [2.75, 3.05) is 0 Å². The first-order valence-electron chi connectivity index (χ1n) is 22.4. The van der Waals surface area contributed by atoms with Crippen molar-refractivity contribution in [1.29, 1.82) is 0 Å². The van der Waals surface area contributed by atoms with Crippen LogP contribution >= 0.6 is 0 Å². The number of hydrogen-bond acceptors (Lipinski definition) is 4. The van der Waals surface area contributed by atoms with Crippen LogP contribution in [-0.4, -0.2) is 15.0 Å². The summed E-state index contributed by atoms with van der Waals surface area (Å²) in [5.41, 5.74) is 16.0. The van der Waals surface area contributed by atoms with Crippen molar-refractivity contribution in [2.24, 2.45) is 0 Å². The van der Waals surface area contributed by atoms with Crippen molar-refractivity contribution in [3.63, 3.8) is 0 Å². The van der Waals surface area contributed by atoms with Gasteiger partial charge >= 0.3 is 0 Å². The van der Waals surface area contributed by atoms with Crippen LogP contribution in [0.15, 0.2) is 241 Å². The first-order chi connectivity index (χ1) is 32.7. The van der Waals surface area contributed by atoms with Gasteiger partial charge in [-0.3, -0.25) is 0 Å². The molecule has 1 aliphatic carbocycles. The summed E-state index contributed by atoms with van der Waals surface area (Å²) in [6, 6.07) is 84.1. The molecule has 0 radical (unpaired) electrons. The average Bonchev–Trinajstić information content (AvgIpc) is 3.93. The molecule has 12 aromatic rings. The molecule has 0 unspecified atom stereocenters. The highest BCUT2D eigenvalue weighted by Crippen LogP contribution is 2.56. The van der Waals surface area contributed by atoms with Gasteiger partial charge in [-0.15, -0.1) is 0 Å². The van der Waals surface area contributed by atoms with E-state index in [0.717, 1.165) is 71.7 Å². The van der Waals surface area contributed by atoms with E-state index in [1.165, 1.54) is 33.4 Å². The van der Waals surface area contributed by atoms with Crippen molar-refractivity contribution >= 4 is 32.7 Å². The summed E-state index contributed by atoms with van der Waals surface area (Å²) in [7, 11) is 0. The minimum atomic E-state index is -0.511. The molecule has 0 spiro atoms. The molecule has 4 heteroatoms. The van der Waals surface area contributed by atoms with E-state index in [1.54, 1.807) is 0 Å². The molecule has 10 aromatic carbocycles. The van der Waals surface area contributed by atoms with Crippen LogP contribution in [0.3, 0.4) is 0 Å².